The van der Waals surface area contributed by atoms with Crippen LogP contribution in [0.1, 0.15) is 28.0 Å². The second kappa shape index (κ2) is 8.22. The Bertz CT molecular complexity index is 413. The van der Waals surface area contributed by atoms with E-state index in [1.807, 2.05) is 23.5 Å². The van der Waals surface area contributed by atoms with E-state index in [0.717, 1.165) is 42.7 Å². The number of hydrogen-bond donors (Lipinski definition) is 1. The van der Waals surface area contributed by atoms with Crippen molar-refractivity contribution in [1.82, 2.24) is 15.3 Å². The summed E-state index contributed by atoms with van der Waals surface area (Å²) in [5, 5.41) is 3.83. The maximum Gasteiger partial charge on any atom is 0.142 e. The van der Waals surface area contributed by atoms with Gasteiger partial charge in [0.15, 0.2) is 0 Å². The van der Waals surface area contributed by atoms with Crippen LogP contribution in [0, 0.1) is 13.8 Å². The fraction of sp³-hybridized carbons (Fsp3) is 0.714. The molecule has 0 aromatic carbocycles. The molecule has 0 saturated carbocycles. The van der Waals surface area contributed by atoms with Crippen molar-refractivity contribution in [2.75, 3.05) is 37.5 Å². The molecular weight excluding hydrogens is 290 g/mol. The first-order valence-electron chi connectivity index (χ1n) is 6.95. The average molecular weight is 313 g/mol. The van der Waals surface area contributed by atoms with Crippen LogP contribution in [0.5, 0.6) is 0 Å². The number of rotatable bonds is 6. The minimum absolute atomic E-state index is 0.460. The summed E-state index contributed by atoms with van der Waals surface area (Å²) in [5.41, 5.74) is 3.43. The van der Waals surface area contributed by atoms with Crippen molar-refractivity contribution in [3.05, 3.63) is 22.8 Å². The Morgan fingerprint density at radius 3 is 2.60 bits per heavy atom. The lowest BCUT2D eigenvalue weighted by molar-refractivity contribution is 0.199. The maximum absolute atomic E-state index is 5.04. The lowest BCUT2D eigenvalue weighted by atomic mass is 10.1. The normalized spacial score (nSPS) is 19.2. The highest BCUT2D eigenvalue weighted by molar-refractivity contribution is 8.06. The van der Waals surface area contributed by atoms with Gasteiger partial charge in [-0.15, -0.1) is 11.8 Å². The van der Waals surface area contributed by atoms with Crippen molar-refractivity contribution in [2.24, 2.45) is 0 Å². The molecule has 20 heavy (non-hydrogen) atoms. The fourth-order valence-corrected chi connectivity index (χ4v) is 4.79. The number of aryl methyl sites for hydroxylation is 2. The monoisotopic (exact) mass is 313 g/mol. The molecule has 0 bridgehead atoms. The van der Waals surface area contributed by atoms with Gasteiger partial charge in [0, 0.05) is 54.4 Å². The Morgan fingerprint density at radius 2 is 2.00 bits per heavy atom. The highest BCUT2D eigenvalue weighted by atomic mass is 32.2. The van der Waals surface area contributed by atoms with Crippen LogP contribution in [0.4, 0.5) is 0 Å². The van der Waals surface area contributed by atoms with E-state index >= 15 is 0 Å². The van der Waals surface area contributed by atoms with Gasteiger partial charge in [-0.2, -0.15) is 11.8 Å². The molecule has 1 unspecified atom stereocenters. The molecule has 4 nitrogen and oxygen atoms in total. The van der Waals surface area contributed by atoms with E-state index in [0.29, 0.717) is 5.25 Å². The Kier molecular flexibility index (Phi) is 6.61. The van der Waals surface area contributed by atoms with Gasteiger partial charge in [-0.3, -0.25) is 0 Å². The van der Waals surface area contributed by atoms with Gasteiger partial charge in [0.05, 0.1) is 11.9 Å². The molecule has 1 aliphatic rings. The lowest BCUT2D eigenvalue weighted by Crippen LogP contribution is -2.21. The molecule has 0 amide bonds. The van der Waals surface area contributed by atoms with Crippen LogP contribution in [-0.2, 0) is 11.3 Å². The maximum atomic E-state index is 5.04. The third-order valence-corrected chi connectivity index (χ3v) is 6.08. The standard InChI is InChI=1S/C14H23N3OS2/c1-10-12(8-15-4-5-18-3)11(2)17-14(16-10)13-9-19-6-7-20-13/h13,15H,4-9H2,1-3H3. The summed E-state index contributed by atoms with van der Waals surface area (Å²) in [6.07, 6.45) is 0. The predicted molar refractivity (Wildman–Crippen MR) is 87.6 cm³/mol. The van der Waals surface area contributed by atoms with E-state index in [4.69, 9.17) is 14.7 Å². The molecule has 112 valence electrons. The van der Waals surface area contributed by atoms with Gasteiger partial charge in [0.1, 0.15) is 5.82 Å². The van der Waals surface area contributed by atoms with Gasteiger partial charge in [0.2, 0.25) is 0 Å². The zero-order valence-electron chi connectivity index (χ0n) is 12.4. The number of methoxy groups -OCH3 is 1. The third kappa shape index (κ3) is 4.35. The van der Waals surface area contributed by atoms with Crippen molar-refractivity contribution in [1.29, 1.82) is 0 Å². The van der Waals surface area contributed by atoms with E-state index < -0.39 is 0 Å². The van der Waals surface area contributed by atoms with E-state index in [-0.39, 0.29) is 0 Å². The van der Waals surface area contributed by atoms with Gasteiger partial charge < -0.3 is 10.1 Å². The van der Waals surface area contributed by atoms with E-state index in [1.165, 1.54) is 17.1 Å². The quantitative estimate of drug-likeness (QED) is 0.814. The van der Waals surface area contributed by atoms with E-state index in [9.17, 15) is 0 Å². The topological polar surface area (TPSA) is 47.0 Å². The molecule has 1 aliphatic heterocycles. The largest absolute Gasteiger partial charge is 0.383 e. The second-order valence-corrected chi connectivity index (χ2v) is 7.30. The molecule has 0 spiro atoms. The van der Waals surface area contributed by atoms with E-state index in [1.54, 1.807) is 7.11 Å². The summed E-state index contributed by atoms with van der Waals surface area (Å²) in [7, 11) is 1.72. The molecule has 2 rings (SSSR count). The summed E-state index contributed by atoms with van der Waals surface area (Å²) < 4.78 is 5.04. The van der Waals surface area contributed by atoms with Crippen LogP contribution in [0.3, 0.4) is 0 Å². The van der Waals surface area contributed by atoms with Crippen molar-refractivity contribution in [3.63, 3.8) is 0 Å². The molecule has 0 aliphatic carbocycles. The smallest absolute Gasteiger partial charge is 0.142 e. The SMILES string of the molecule is COCCNCc1c(C)nc(C2CSCCS2)nc1C. The Labute approximate surface area is 129 Å². The third-order valence-electron chi connectivity index (χ3n) is 3.33. The van der Waals surface area contributed by atoms with Crippen LogP contribution in [0.2, 0.25) is 0 Å². The first-order valence-corrected chi connectivity index (χ1v) is 9.15. The molecular formula is C14H23N3OS2. The Hall–Kier alpha value is -0.300. The van der Waals surface area contributed by atoms with Crippen molar-refractivity contribution in [3.8, 4) is 0 Å². The number of aromatic nitrogens is 2. The highest BCUT2D eigenvalue weighted by Crippen LogP contribution is 2.35. The summed E-state index contributed by atoms with van der Waals surface area (Å²) in [4.78, 5) is 9.48. The first kappa shape index (κ1) is 16.1. The molecule has 1 fully saturated rings. The minimum atomic E-state index is 0.460. The van der Waals surface area contributed by atoms with Gasteiger partial charge in [-0.05, 0) is 13.8 Å². The zero-order chi connectivity index (χ0) is 14.4. The minimum Gasteiger partial charge on any atom is -0.383 e. The molecule has 1 atom stereocenters. The second-order valence-electron chi connectivity index (χ2n) is 4.84. The number of nitrogens with zero attached hydrogens (tertiary/aromatic N) is 2. The van der Waals surface area contributed by atoms with Crippen molar-refractivity contribution < 1.29 is 4.74 Å². The summed E-state index contributed by atoms with van der Waals surface area (Å²) in [5.74, 6) is 4.60. The molecule has 2 heterocycles. The number of ether oxygens (including phenoxy) is 1. The lowest BCUT2D eigenvalue weighted by Gasteiger charge is -2.21. The number of nitrogens with one attached hydrogen (secondary N) is 1. The molecule has 6 heteroatoms. The fourth-order valence-electron chi connectivity index (χ4n) is 2.19. The van der Waals surface area contributed by atoms with Crippen LogP contribution in [0.15, 0.2) is 0 Å². The molecule has 1 N–H and O–H groups in total. The van der Waals surface area contributed by atoms with Crippen LogP contribution < -0.4 is 5.32 Å². The first-order chi connectivity index (χ1) is 9.72. The number of thioether (sulfide) groups is 2. The molecule has 1 saturated heterocycles. The Balaban J connectivity index is 2.03. The zero-order valence-corrected chi connectivity index (χ0v) is 14.1. The average Bonchev–Trinajstić information content (AvgIpc) is 2.46. The van der Waals surface area contributed by atoms with Gasteiger partial charge in [-0.1, -0.05) is 0 Å². The molecule has 0 radical (unpaired) electrons. The molecule has 1 aromatic heterocycles. The van der Waals surface area contributed by atoms with Gasteiger partial charge >= 0.3 is 0 Å². The summed E-state index contributed by atoms with van der Waals surface area (Å²) in [6, 6.07) is 0. The highest BCUT2D eigenvalue weighted by Gasteiger charge is 2.20. The van der Waals surface area contributed by atoms with Crippen LogP contribution in [0.25, 0.3) is 0 Å². The van der Waals surface area contributed by atoms with Crippen LogP contribution in [-0.4, -0.2) is 47.5 Å². The van der Waals surface area contributed by atoms with Crippen LogP contribution >= 0.6 is 23.5 Å². The summed E-state index contributed by atoms with van der Waals surface area (Å²) >= 11 is 3.99. The number of hydrogen-bond acceptors (Lipinski definition) is 6. The van der Waals surface area contributed by atoms with Gasteiger partial charge in [-0.25, -0.2) is 9.97 Å². The van der Waals surface area contributed by atoms with Crippen molar-refractivity contribution >= 4 is 23.5 Å². The Morgan fingerprint density at radius 1 is 1.25 bits per heavy atom. The van der Waals surface area contributed by atoms with Crippen molar-refractivity contribution in [2.45, 2.75) is 25.6 Å². The molecule has 1 aromatic rings. The summed E-state index contributed by atoms with van der Waals surface area (Å²) in [6.45, 7) is 6.57. The van der Waals surface area contributed by atoms with E-state index in [2.05, 4.69) is 19.2 Å². The van der Waals surface area contributed by atoms with Gasteiger partial charge in [0.25, 0.3) is 0 Å². The predicted octanol–water partition coefficient (Wildman–Crippen LogP) is 2.35.